The molecule has 0 saturated carbocycles. The van der Waals surface area contributed by atoms with Gasteiger partial charge in [-0.3, -0.25) is 0 Å². The van der Waals surface area contributed by atoms with Crippen molar-refractivity contribution >= 4 is 23.0 Å². The van der Waals surface area contributed by atoms with Crippen molar-refractivity contribution in [2.45, 2.75) is 32.2 Å². The first-order valence-corrected chi connectivity index (χ1v) is 11.7. The molecule has 1 N–H and O–H groups in total. The predicted molar refractivity (Wildman–Crippen MR) is 134 cm³/mol. The summed E-state index contributed by atoms with van der Waals surface area (Å²) in [6.07, 6.45) is 3.05. The number of ether oxygens (including phenoxy) is 3. The van der Waals surface area contributed by atoms with Crippen molar-refractivity contribution in [3.8, 4) is 17.2 Å². The van der Waals surface area contributed by atoms with Crippen molar-refractivity contribution in [3.63, 3.8) is 0 Å². The van der Waals surface area contributed by atoms with E-state index in [-0.39, 0.29) is 0 Å². The van der Waals surface area contributed by atoms with E-state index in [1.54, 1.807) is 14.2 Å². The Morgan fingerprint density at radius 1 is 1.06 bits per heavy atom. The van der Waals surface area contributed by atoms with Gasteiger partial charge in [-0.1, -0.05) is 18.2 Å². The number of likely N-dealkylation sites (tertiary alicyclic amines) is 1. The van der Waals surface area contributed by atoms with E-state index in [2.05, 4.69) is 28.2 Å². The maximum Gasteiger partial charge on any atom is 0.173 e. The van der Waals surface area contributed by atoms with Crippen LogP contribution in [-0.4, -0.2) is 68.5 Å². The molecule has 6 nitrogen and oxygen atoms in total. The van der Waals surface area contributed by atoms with Gasteiger partial charge in [0.25, 0.3) is 0 Å². The topological polar surface area (TPSA) is 46.2 Å². The number of anilines is 1. The summed E-state index contributed by atoms with van der Waals surface area (Å²) in [6.45, 7) is 5.59. The lowest BCUT2D eigenvalue weighted by Gasteiger charge is -2.39. The molecule has 1 aliphatic heterocycles. The summed E-state index contributed by atoms with van der Waals surface area (Å²) in [5, 5.41) is 4.20. The van der Waals surface area contributed by atoms with Crippen LogP contribution in [0.1, 0.15) is 25.3 Å². The van der Waals surface area contributed by atoms with Gasteiger partial charge < -0.3 is 29.3 Å². The number of hydrogen-bond acceptors (Lipinski definition) is 5. The molecule has 0 atom stereocenters. The first kappa shape index (κ1) is 24.1. The summed E-state index contributed by atoms with van der Waals surface area (Å²) >= 11 is 5.92. The lowest BCUT2D eigenvalue weighted by atomic mass is 10.0. The minimum atomic E-state index is 0.408. The largest absolute Gasteiger partial charge is 0.493 e. The van der Waals surface area contributed by atoms with Crippen LogP contribution in [0, 0.1) is 0 Å². The second-order valence-electron chi connectivity index (χ2n) is 8.03. The molecule has 2 aromatic rings. The maximum atomic E-state index is 5.92. The smallest absolute Gasteiger partial charge is 0.173 e. The number of thiocarbonyl (C=S) groups is 1. The van der Waals surface area contributed by atoms with Crippen LogP contribution in [0.3, 0.4) is 0 Å². The molecular formula is C25H35N3O3S. The van der Waals surface area contributed by atoms with Crippen molar-refractivity contribution < 1.29 is 14.2 Å². The summed E-state index contributed by atoms with van der Waals surface area (Å²) in [4.78, 5) is 4.73. The summed E-state index contributed by atoms with van der Waals surface area (Å²) < 4.78 is 16.6. The monoisotopic (exact) mass is 457 g/mol. The molecule has 0 unspecified atom stereocenters. The van der Waals surface area contributed by atoms with Gasteiger partial charge in [0.1, 0.15) is 5.75 Å². The number of nitrogens with one attached hydrogen (secondary N) is 1. The summed E-state index contributed by atoms with van der Waals surface area (Å²) in [7, 11) is 5.50. The van der Waals surface area contributed by atoms with Crippen LogP contribution < -0.4 is 19.5 Å². The average Bonchev–Trinajstić information content (AvgIpc) is 2.81. The van der Waals surface area contributed by atoms with Crippen molar-refractivity contribution in [1.29, 1.82) is 0 Å². The Morgan fingerprint density at radius 2 is 1.78 bits per heavy atom. The zero-order chi connectivity index (χ0) is 22.9. The van der Waals surface area contributed by atoms with E-state index < -0.39 is 0 Å². The van der Waals surface area contributed by atoms with Gasteiger partial charge in [0, 0.05) is 12.6 Å². The zero-order valence-corrected chi connectivity index (χ0v) is 20.4. The van der Waals surface area contributed by atoms with Crippen LogP contribution in [0.4, 0.5) is 5.69 Å². The molecule has 3 rings (SSSR count). The molecule has 1 aliphatic rings. The van der Waals surface area contributed by atoms with E-state index in [0.29, 0.717) is 12.6 Å². The van der Waals surface area contributed by atoms with Crippen molar-refractivity contribution in [1.82, 2.24) is 9.80 Å². The lowest BCUT2D eigenvalue weighted by Crippen LogP contribution is -2.48. The number of nitrogens with zero attached hydrogens (tertiary/aromatic N) is 2. The Labute approximate surface area is 197 Å². The third-order valence-electron chi connectivity index (χ3n) is 5.91. The average molecular weight is 458 g/mol. The molecule has 0 aromatic heterocycles. The number of methoxy groups -OCH3 is 2. The van der Waals surface area contributed by atoms with E-state index in [9.17, 15) is 0 Å². The first-order chi connectivity index (χ1) is 15.5. The first-order valence-electron chi connectivity index (χ1n) is 11.2. The van der Waals surface area contributed by atoms with Crippen LogP contribution in [0.15, 0.2) is 42.5 Å². The second-order valence-corrected chi connectivity index (χ2v) is 8.41. The van der Waals surface area contributed by atoms with Gasteiger partial charge in [-0.05, 0) is 88.4 Å². The molecule has 32 heavy (non-hydrogen) atoms. The van der Waals surface area contributed by atoms with Gasteiger partial charge in [-0.15, -0.1) is 0 Å². The molecule has 0 spiro atoms. The molecule has 0 radical (unpaired) electrons. The SMILES string of the molecule is CCOc1ccccc1NC(=S)N(CCc1ccc(OC)c(OC)c1)C1CCN(C)CC1. The van der Waals surface area contributed by atoms with Crippen LogP contribution in [0.2, 0.25) is 0 Å². The minimum absolute atomic E-state index is 0.408. The van der Waals surface area contributed by atoms with Gasteiger partial charge in [-0.25, -0.2) is 0 Å². The number of rotatable bonds is 9. The van der Waals surface area contributed by atoms with Gasteiger partial charge in [-0.2, -0.15) is 0 Å². The molecule has 1 fully saturated rings. The highest BCUT2D eigenvalue weighted by Gasteiger charge is 2.25. The third-order valence-corrected chi connectivity index (χ3v) is 6.24. The van der Waals surface area contributed by atoms with E-state index in [4.69, 9.17) is 26.4 Å². The molecule has 1 saturated heterocycles. The standard InChI is InChI=1S/C25H35N3O3S/c1-5-31-22-9-7-6-8-21(22)26-25(32)28(20-13-15-27(2)16-14-20)17-12-19-10-11-23(29-3)24(18-19)30-4/h6-11,18,20H,5,12-17H2,1-4H3,(H,26,32). The van der Waals surface area contributed by atoms with Crippen molar-refractivity contribution in [3.05, 3.63) is 48.0 Å². The number of piperidine rings is 1. The Kier molecular flexibility index (Phi) is 9.00. The summed E-state index contributed by atoms with van der Waals surface area (Å²) in [5.41, 5.74) is 2.10. The van der Waals surface area contributed by atoms with Crippen molar-refractivity contribution in [2.75, 3.05) is 52.8 Å². The highest BCUT2D eigenvalue weighted by Crippen LogP contribution is 2.29. The highest BCUT2D eigenvalue weighted by atomic mass is 32.1. The maximum absolute atomic E-state index is 5.92. The molecule has 2 aromatic carbocycles. The van der Waals surface area contributed by atoms with E-state index >= 15 is 0 Å². The minimum Gasteiger partial charge on any atom is -0.493 e. The summed E-state index contributed by atoms with van der Waals surface area (Å²) in [6, 6.07) is 14.5. The number of hydrogen-bond donors (Lipinski definition) is 1. The normalized spacial score (nSPS) is 14.6. The van der Waals surface area contributed by atoms with Gasteiger partial charge in [0.15, 0.2) is 16.6 Å². The number of benzene rings is 2. The molecule has 0 amide bonds. The molecule has 7 heteroatoms. The van der Waals surface area contributed by atoms with E-state index in [1.165, 1.54) is 5.56 Å². The molecule has 174 valence electrons. The van der Waals surface area contributed by atoms with Crippen LogP contribution in [-0.2, 0) is 6.42 Å². The van der Waals surface area contributed by atoms with Crippen LogP contribution in [0.5, 0.6) is 17.2 Å². The molecule has 0 aliphatic carbocycles. The van der Waals surface area contributed by atoms with Crippen molar-refractivity contribution in [2.24, 2.45) is 0 Å². The fraction of sp³-hybridized carbons (Fsp3) is 0.480. The van der Waals surface area contributed by atoms with Crippen LogP contribution in [0.25, 0.3) is 0 Å². The zero-order valence-electron chi connectivity index (χ0n) is 19.6. The Bertz CT molecular complexity index is 884. The predicted octanol–water partition coefficient (Wildman–Crippen LogP) is 4.44. The Hall–Kier alpha value is -2.51. The summed E-state index contributed by atoms with van der Waals surface area (Å²) in [5.74, 6) is 2.32. The second kappa shape index (κ2) is 11.9. The molecule has 1 heterocycles. The van der Waals surface area contributed by atoms with E-state index in [1.807, 2.05) is 43.3 Å². The number of para-hydroxylation sites is 2. The van der Waals surface area contributed by atoms with E-state index in [0.717, 1.165) is 66.9 Å². The lowest BCUT2D eigenvalue weighted by molar-refractivity contribution is 0.178. The fourth-order valence-corrected chi connectivity index (χ4v) is 4.43. The van der Waals surface area contributed by atoms with Gasteiger partial charge in [0.05, 0.1) is 26.5 Å². The van der Waals surface area contributed by atoms with Crippen LogP contribution >= 0.6 is 12.2 Å². The Balaban J connectivity index is 1.76. The highest BCUT2D eigenvalue weighted by molar-refractivity contribution is 7.80. The molecular weight excluding hydrogens is 422 g/mol. The molecule has 0 bridgehead atoms. The van der Waals surface area contributed by atoms with Gasteiger partial charge in [0.2, 0.25) is 0 Å². The Morgan fingerprint density at radius 3 is 2.47 bits per heavy atom. The van der Waals surface area contributed by atoms with Gasteiger partial charge >= 0.3 is 0 Å². The quantitative estimate of drug-likeness (QED) is 0.559. The third kappa shape index (κ3) is 6.26. The fourth-order valence-electron chi connectivity index (χ4n) is 4.08.